The van der Waals surface area contributed by atoms with E-state index in [1.165, 1.54) is 4.88 Å². The Morgan fingerprint density at radius 1 is 1.57 bits per heavy atom. The first-order valence-corrected chi connectivity index (χ1v) is 5.72. The maximum Gasteiger partial charge on any atom is 0.0897 e. The molecule has 1 rings (SSSR count). The van der Waals surface area contributed by atoms with Crippen LogP contribution in [0.15, 0.2) is 6.20 Å². The lowest BCUT2D eigenvalue weighted by atomic mass is 10.1. The highest BCUT2D eigenvalue weighted by Gasteiger charge is 2.06. The van der Waals surface area contributed by atoms with Gasteiger partial charge in [0.1, 0.15) is 0 Å². The molecule has 0 radical (unpaired) electrons. The zero-order valence-electron chi connectivity index (χ0n) is 8.95. The van der Waals surface area contributed by atoms with Crippen LogP contribution in [0.5, 0.6) is 0 Å². The Kier molecular flexibility index (Phi) is 4.51. The minimum atomic E-state index is -0.235. The van der Waals surface area contributed by atoms with Crippen LogP contribution >= 0.6 is 11.3 Å². The van der Waals surface area contributed by atoms with E-state index in [4.69, 9.17) is 0 Å². The van der Waals surface area contributed by atoms with Gasteiger partial charge in [0.05, 0.1) is 11.1 Å². The normalized spacial score (nSPS) is 15.4. The minimum absolute atomic E-state index is 0.235. The highest BCUT2D eigenvalue weighted by molar-refractivity contribution is 7.11. The number of hydrogen-bond acceptors (Lipinski definition) is 4. The van der Waals surface area contributed by atoms with Crippen molar-refractivity contribution in [1.29, 1.82) is 0 Å². The summed E-state index contributed by atoms with van der Waals surface area (Å²) in [5.74, 6) is 0. The summed E-state index contributed by atoms with van der Waals surface area (Å²) in [5.41, 5.74) is 0. The summed E-state index contributed by atoms with van der Waals surface area (Å²) in [6.07, 6.45) is 2.46. The van der Waals surface area contributed by atoms with Crippen molar-refractivity contribution in [2.45, 2.75) is 45.9 Å². The molecule has 1 aromatic heterocycles. The van der Waals surface area contributed by atoms with Gasteiger partial charge < -0.3 is 10.4 Å². The van der Waals surface area contributed by atoms with Crippen LogP contribution in [-0.2, 0) is 6.54 Å². The van der Waals surface area contributed by atoms with Crippen molar-refractivity contribution in [3.05, 3.63) is 16.1 Å². The number of aryl methyl sites for hydroxylation is 1. The van der Waals surface area contributed by atoms with E-state index in [0.717, 1.165) is 18.0 Å². The lowest BCUT2D eigenvalue weighted by Gasteiger charge is -2.14. The van der Waals surface area contributed by atoms with Gasteiger partial charge in [-0.25, -0.2) is 4.98 Å². The Morgan fingerprint density at radius 2 is 2.29 bits per heavy atom. The van der Waals surface area contributed by atoms with Gasteiger partial charge in [0.2, 0.25) is 0 Å². The van der Waals surface area contributed by atoms with Gasteiger partial charge in [-0.15, -0.1) is 11.3 Å². The predicted octanol–water partition coefficient (Wildman–Crippen LogP) is 1.70. The maximum atomic E-state index is 9.17. The minimum Gasteiger partial charge on any atom is -0.393 e. The van der Waals surface area contributed by atoms with Crippen LogP contribution in [0.25, 0.3) is 0 Å². The van der Waals surface area contributed by atoms with Crippen LogP contribution in [-0.4, -0.2) is 22.2 Å². The first-order chi connectivity index (χ1) is 6.58. The van der Waals surface area contributed by atoms with Crippen LogP contribution in [0.4, 0.5) is 0 Å². The van der Waals surface area contributed by atoms with E-state index >= 15 is 0 Å². The molecule has 0 saturated heterocycles. The molecular weight excluding hydrogens is 196 g/mol. The Morgan fingerprint density at radius 3 is 2.79 bits per heavy atom. The number of nitrogens with zero attached hydrogens (tertiary/aromatic N) is 1. The van der Waals surface area contributed by atoms with E-state index in [1.807, 2.05) is 20.0 Å². The Labute approximate surface area is 89.2 Å². The molecule has 80 valence electrons. The Hall–Kier alpha value is -0.450. The second-order valence-electron chi connectivity index (χ2n) is 3.71. The predicted molar refractivity (Wildman–Crippen MR) is 59.5 cm³/mol. The SMILES string of the molecule is Cc1ncc(CNC(C)CC(C)O)s1. The van der Waals surface area contributed by atoms with E-state index in [9.17, 15) is 5.11 Å². The molecule has 0 aliphatic heterocycles. The molecule has 1 aromatic rings. The molecule has 0 amide bonds. The average molecular weight is 214 g/mol. The van der Waals surface area contributed by atoms with Crippen LogP contribution in [0.2, 0.25) is 0 Å². The number of hydrogen-bond donors (Lipinski definition) is 2. The molecule has 0 aromatic carbocycles. The topological polar surface area (TPSA) is 45.2 Å². The third kappa shape index (κ3) is 4.17. The third-order valence-electron chi connectivity index (χ3n) is 1.99. The summed E-state index contributed by atoms with van der Waals surface area (Å²) in [7, 11) is 0. The summed E-state index contributed by atoms with van der Waals surface area (Å²) < 4.78 is 0. The van der Waals surface area contributed by atoms with E-state index < -0.39 is 0 Å². The number of rotatable bonds is 5. The summed E-state index contributed by atoms with van der Waals surface area (Å²) in [6, 6.07) is 0.345. The standard InChI is InChI=1S/C10H18N2OS/c1-7(4-8(2)13)11-5-10-6-12-9(3)14-10/h6-8,11,13H,4-5H2,1-3H3. The fraction of sp³-hybridized carbons (Fsp3) is 0.700. The largest absolute Gasteiger partial charge is 0.393 e. The van der Waals surface area contributed by atoms with E-state index in [2.05, 4.69) is 17.2 Å². The van der Waals surface area contributed by atoms with Crippen LogP contribution in [0.3, 0.4) is 0 Å². The molecule has 0 bridgehead atoms. The van der Waals surface area contributed by atoms with Crippen LogP contribution in [0.1, 0.15) is 30.2 Å². The van der Waals surface area contributed by atoms with Crippen LogP contribution in [0, 0.1) is 6.92 Å². The monoisotopic (exact) mass is 214 g/mol. The third-order valence-corrected chi connectivity index (χ3v) is 2.90. The van der Waals surface area contributed by atoms with Crippen molar-refractivity contribution in [3.63, 3.8) is 0 Å². The van der Waals surface area contributed by atoms with E-state index in [-0.39, 0.29) is 6.10 Å². The fourth-order valence-corrected chi connectivity index (χ4v) is 2.10. The second kappa shape index (κ2) is 5.44. The molecule has 0 fully saturated rings. The molecule has 1 heterocycles. The summed E-state index contributed by atoms with van der Waals surface area (Å²) in [5, 5.41) is 13.6. The van der Waals surface area contributed by atoms with Crippen molar-refractivity contribution in [2.24, 2.45) is 0 Å². The quantitative estimate of drug-likeness (QED) is 0.784. The molecular formula is C10H18N2OS. The molecule has 4 heteroatoms. The first-order valence-electron chi connectivity index (χ1n) is 4.90. The van der Waals surface area contributed by atoms with Gasteiger partial charge in [-0.1, -0.05) is 0 Å². The highest BCUT2D eigenvalue weighted by Crippen LogP contribution is 2.11. The van der Waals surface area contributed by atoms with Gasteiger partial charge in [0.15, 0.2) is 0 Å². The molecule has 2 N–H and O–H groups in total. The summed E-state index contributed by atoms with van der Waals surface area (Å²) >= 11 is 1.71. The molecule has 2 atom stereocenters. The van der Waals surface area contributed by atoms with Gasteiger partial charge in [0.25, 0.3) is 0 Å². The van der Waals surface area contributed by atoms with Gasteiger partial charge >= 0.3 is 0 Å². The first kappa shape index (κ1) is 11.6. The maximum absolute atomic E-state index is 9.17. The molecule has 0 aliphatic rings. The molecule has 14 heavy (non-hydrogen) atoms. The van der Waals surface area contributed by atoms with Crippen molar-refractivity contribution < 1.29 is 5.11 Å². The van der Waals surface area contributed by atoms with Crippen molar-refractivity contribution in [2.75, 3.05) is 0 Å². The summed E-state index contributed by atoms with van der Waals surface area (Å²) in [4.78, 5) is 5.43. The molecule has 2 unspecified atom stereocenters. The van der Waals surface area contributed by atoms with Crippen LogP contribution < -0.4 is 5.32 Å². The number of nitrogens with one attached hydrogen (secondary N) is 1. The number of thiazole rings is 1. The fourth-order valence-electron chi connectivity index (χ4n) is 1.36. The number of aliphatic hydroxyl groups is 1. The number of aliphatic hydroxyl groups excluding tert-OH is 1. The zero-order chi connectivity index (χ0) is 10.6. The lowest BCUT2D eigenvalue weighted by molar-refractivity contribution is 0.170. The Bertz CT molecular complexity index is 273. The second-order valence-corrected chi connectivity index (χ2v) is 5.03. The van der Waals surface area contributed by atoms with Crippen molar-refractivity contribution in [1.82, 2.24) is 10.3 Å². The van der Waals surface area contributed by atoms with Gasteiger partial charge in [-0.05, 0) is 27.2 Å². The van der Waals surface area contributed by atoms with Gasteiger partial charge in [-0.2, -0.15) is 0 Å². The van der Waals surface area contributed by atoms with Crippen molar-refractivity contribution in [3.8, 4) is 0 Å². The van der Waals surface area contributed by atoms with E-state index in [0.29, 0.717) is 6.04 Å². The summed E-state index contributed by atoms with van der Waals surface area (Å²) in [6.45, 7) is 6.75. The zero-order valence-corrected chi connectivity index (χ0v) is 9.77. The van der Waals surface area contributed by atoms with E-state index in [1.54, 1.807) is 11.3 Å². The molecule has 3 nitrogen and oxygen atoms in total. The van der Waals surface area contributed by atoms with Gasteiger partial charge in [0, 0.05) is 23.7 Å². The highest BCUT2D eigenvalue weighted by atomic mass is 32.1. The number of aromatic nitrogens is 1. The molecule has 0 spiro atoms. The lowest BCUT2D eigenvalue weighted by Crippen LogP contribution is -2.28. The molecule has 0 saturated carbocycles. The smallest absolute Gasteiger partial charge is 0.0897 e. The van der Waals surface area contributed by atoms with Gasteiger partial charge in [-0.3, -0.25) is 0 Å². The molecule has 0 aliphatic carbocycles. The van der Waals surface area contributed by atoms with Crippen molar-refractivity contribution >= 4 is 11.3 Å². The average Bonchev–Trinajstić information content (AvgIpc) is 2.47. The Balaban J connectivity index is 2.26.